The number of carboxylic acids is 1. The molecule has 6 heteroatoms. The minimum absolute atomic E-state index is 0.126. The van der Waals surface area contributed by atoms with Crippen molar-refractivity contribution in [2.45, 2.75) is 19.3 Å². The molecule has 1 saturated heterocycles. The van der Waals surface area contributed by atoms with Crippen LogP contribution in [-0.2, 0) is 14.3 Å². The van der Waals surface area contributed by atoms with Gasteiger partial charge in [-0.15, -0.1) is 0 Å². The molecular weight excluding hydrogens is 289 g/mol. The van der Waals surface area contributed by atoms with Crippen LogP contribution in [0.1, 0.15) is 24.8 Å². The van der Waals surface area contributed by atoms with Gasteiger partial charge >= 0.3 is 5.97 Å². The molecule has 1 aromatic rings. The summed E-state index contributed by atoms with van der Waals surface area (Å²) in [6, 6.07) is 5.93. The highest BCUT2D eigenvalue weighted by Gasteiger charge is 2.40. The van der Waals surface area contributed by atoms with Crippen LogP contribution in [0.5, 0.6) is 0 Å². The summed E-state index contributed by atoms with van der Waals surface area (Å²) in [7, 11) is 0. The van der Waals surface area contributed by atoms with Crippen LogP contribution < -0.4 is 0 Å². The lowest BCUT2D eigenvalue weighted by Crippen LogP contribution is -2.30. The SMILES string of the molecule is CCOCCC(=O)N1C[C@H](C(=O)O)[C@@H](c2cccc(F)c2)C1. The van der Waals surface area contributed by atoms with E-state index in [-0.39, 0.29) is 24.8 Å². The fourth-order valence-electron chi connectivity index (χ4n) is 2.79. The van der Waals surface area contributed by atoms with Crippen LogP contribution in [0.4, 0.5) is 4.39 Å². The summed E-state index contributed by atoms with van der Waals surface area (Å²) < 4.78 is 18.5. The first-order valence-electron chi connectivity index (χ1n) is 7.36. The third-order valence-electron chi connectivity index (χ3n) is 3.93. The molecule has 0 unspecified atom stereocenters. The normalized spacial score (nSPS) is 21.1. The van der Waals surface area contributed by atoms with Crippen LogP contribution in [0, 0.1) is 11.7 Å². The van der Waals surface area contributed by atoms with Gasteiger partial charge in [-0.2, -0.15) is 0 Å². The first-order chi connectivity index (χ1) is 10.5. The molecule has 0 bridgehead atoms. The van der Waals surface area contributed by atoms with Crippen molar-refractivity contribution in [3.63, 3.8) is 0 Å². The second kappa shape index (κ2) is 7.35. The van der Waals surface area contributed by atoms with Crippen molar-refractivity contribution in [1.29, 1.82) is 0 Å². The number of ether oxygens (including phenoxy) is 1. The van der Waals surface area contributed by atoms with Crippen molar-refractivity contribution < 1.29 is 23.8 Å². The molecule has 0 aromatic heterocycles. The predicted octanol–water partition coefficient (Wildman–Crippen LogP) is 1.88. The Morgan fingerprint density at radius 3 is 2.82 bits per heavy atom. The largest absolute Gasteiger partial charge is 0.481 e. The lowest BCUT2D eigenvalue weighted by molar-refractivity contribution is -0.141. The van der Waals surface area contributed by atoms with E-state index in [1.54, 1.807) is 12.1 Å². The zero-order chi connectivity index (χ0) is 16.1. The van der Waals surface area contributed by atoms with Gasteiger partial charge in [0, 0.05) is 25.6 Å². The Morgan fingerprint density at radius 2 is 2.18 bits per heavy atom. The lowest BCUT2D eigenvalue weighted by Gasteiger charge is -2.16. The quantitative estimate of drug-likeness (QED) is 0.815. The first kappa shape index (κ1) is 16.4. The molecule has 0 saturated carbocycles. The minimum atomic E-state index is -0.964. The Morgan fingerprint density at radius 1 is 1.41 bits per heavy atom. The van der Waals surface area contributed by atoms with Crippen LogP contribution in [-0.4, -0.2) is 48.2 Å². The van der Waals surface area contributed by atoms with Crippen LogP contribution >= 0.6 is 0 Å². The monoisotopic (exact) mass is 309 g/mol. The van der Waals surface area contributed by atoms with E-state index in [1.165, 1.54) is 17.0 Å². The molecule has 1 aromatic carbocycles. The topological polar surface area (TPSA) is 66.8 Å². The van der Waals surface area contributed by atoms with Gasteiger partial charge in [-0.3, -0.25) is 9.59 Å². The molecule has 1 heterocycles. The van der Waals surface area contributed by atoms with E-state index in [9.17, 15) is 19.1 Å². The third-order valence-corrected chi connectivity index (χ3v) is 3.93. The van der Waals surface area contributed by atoms with Gasteiger partial charge in [-0.05, 0) is 24.6 Å². The fourth-order valence-corrected chi connectivity index (χ4v) is 2.79. The van der Waals surface area contributed by atoms with E-state index in [4.69, 9.17) is 4.74 Å². The first-order valence-corrected chi connectivity index (χ1v) is 7.36. The maximum atomic E-state index is 13.4. The molecule has 1 fully saturated rings. The molecule has 2 rings (SSSR count). The number of likely N-dealkylation sites (tertiary alicyclic amines) is 1. The molecule has 1 N–H and O–H groups in total. The zero-order valence-electron chi connectivity index (χ0n) is 12.5. The Bertz CT molecular complexity index is 549. The summed E-state index contributed by atoms with van der Waals surface area (Å²) >= 11 is 0. The summed E-state index contributed by atoms with van der Waals surface area (Å²) in [6.07, 6.45) is 0.232. The van der Waals surface area contributed by atoms with E-state index < -0.39 is 17.7 Å². The van der Waals surface area contributed by atoms with E-state index in [0.29, 0.717) is 25.3 Å². The summed E-state index contributed by atoms with van der Waals surface area (Å²) in [4.78, 5) is 25.1. The average molecular weight is 309 g/mol. The van der Waals surface area contributed by atoms with E-state index in [2.05, 4.69) is 0 Å². The highest BCUT2D eigenvalue weighted by Crippen LogP contribution is 2.33. The number of carbonyl (C=O) groups is 2. The average Bonchev–Trinajstić information content (AvgIpc) is 2.93. The van der Waals surface area contributed by atoms with Crippen molar-refractivity contribution in [2.75, 3.05) is 26.3 Å². The minimum Gasteiger partial charge on any atom is -0.481 e. The number of aliphatic carboxylic acids is 1. The van der Waals surface area contributed by atoms with Crippen molar-refractivity contribution in [3.8, 4) is 0 Å². The van der Waals surface area contributed by atoms with Gasteiger partial charge in [0.1, 0.15) is 5.82 Å². The van der Waals surface area contributed by atoms with Gasteiger partial charge in [-0.1, -0.05) is 12.1 Å². The van der Waals surface area contributed by atoms with Gasteiger partial charge in [0.15, 0.2) is 0 Å². The van der Waals surface area contributed by atoms with Crippen LogP contribution in [0.2, 0.25) is 0 Å². The van der Waals surface area contributed by atoms with Crippen molar-refractivity contribution >= 4 is 11.9 Å². The third kappa shape index (κ3) is 3.82. The molecule has 1 amide bonds. The summed E-state index contributed by atoms with van der Waals surface area (Å²) in [6.45, 7) is 3.17. The maximum absolute atomic E-state index is 13.4. The summed E-state index contributed by atoms with van der Waals surface area (Å²) in [5.41, 5.74) is 0.618. The van der Waals surface area contributed by atoms with Gasteiger partial charge < -0.3 is 14.7 Å². The Kier molecular flexibility index (Phi) is 5.49. The second-order valence-electron chi connectivity index (χ2n) is 5.35. The summed E-state index contributed by atoms with van der Waals surface area (Å²) in [5, 5.41) is 9.37. The molecule has 2 atom stereocenters. The predicted molar refractivity (Wildman–Crippen MR) is 78.0 cm³/mol. The zero-order valence-corrected chi connectivity index (χ0v) is 12.5. The molecule has 1 aliphatic rings. The number of carboxylic acid groups (broad SMARTS) is 1. The number of amides is 1. The molecule has 5 nitrogen and oxygen atoms in total. The number of carbonyl (C=O) groups excluding carboxylic acids is 1. The lowest BCUT2D eigenvalue weighted by atomic mass is 9.89. The van der Waals surface area contributed by atoms with E-state index in [1.807, 2.05) is 6.92 Å². The Labute approximate surface area is 128 Å². The standard InChI is InChI=1S/C16H20FNO4/c1-2-22-7-6-15(19)18-9-13(14(10-18)16(20)21)11-4-3-5-12(17)8-11/h3-5,8,13-14H,2,6-7,9-10H2,1H3,(H,20,21)/t13-,14+/m1/s1. The molecule has 0 radical (unpaired) electrons. The number of hydrogen-bond donors (Lipinski definition) is 1. The number of nitrogens with zero attached hydrogens (tertiary/aromatic N) is 1. The molecular formula is C16H20FNO4. The van der Waals surface area contributed by atoms with Crippen molar-refractivity contribution in [2.24, 2.45) is 5.92 Å². The van der Waals surface area contributed by atoms with Crippen LogP contribution in [0.15, 0.2) is 24.3 Å². The van der Waals surface area contributed by atoms with Gasteiger partial charge in [0.2, 0.25) is 5.91 Å². The van der Waals surface area contributed by atoms with Crippen molar-refractivity contribution in [3.05, 3.63) is 35.6 Å². The Balaban J connectivity index is 2.09. The van der Waals surface area contributed by atoms with E-state index >= 15 is 0 Å². The Hall–Kier alpha value is -1.95. The highest BCUT2D eigenvalue weighted by atomic mass is 19.1. The molecule has 120 valence electrons. The van der Waals surface area contributed by atoms with Gasteiger partial charge in [0.25, 0.3) is 0 Å². The van der Waals surface area contributed by atoms with Crippen LogP contribution in [0.25, 0.3) is 0 Å². The smallest absolute Gasteiger partial charge is 0.308 e. The van der Waals surface area contributed by atoms with Crippen LogP contribution in [0.3, 0.4) is 0 Å². The molecule has 0 aliphatic carbocycles. The number of benzene rings is 1. The molecule has 0 spiro atoms. The van der Waals surface area contributed by atoms with E-state index in [0.717, 1.165) is 0 Å². The summed E-state index contributed by atoms with van der Waals surface area (Å²) in [5.74, 6) is -2.59. The van der Waals surface area contributed by atoms with Gasteiger partial charge in [0.05, 0.1) is 18.9 Å². The fraction of sp³-hybridized carbons (Fsp3) is 0.500. The number of hydrogen-bond acceptors (Lipinski definition) is 3. The number of rotatable bonds is 6. The highest BCUT2D eigenvalue weighted by molar-refractivity contribution is 5.79. The maximum Gasteiger partial charge on any atom is 0.308 e. The van der Waals surface area contributed by atoms with Crippen molar-refractivity contribution in [1.82, 2.24) is 4.90 Å². The second-order valence-corrected chi connectivity index (χ2v) is 5.35. The molecule has 1 aliphatic heterocycles. The molecule has 22 heavy (non-hydrogen) atoms. The number of halogens is 1. The van der Waals surface area contributed by atoms with Gasteiger partial charge in [-0.25, -0.2) is 4.39 Å².